The number of thioether (sulfide) groups is 1. The number of hydrogen-bond acceptors (Lipinski definition) is 6. The molecule has 1 amide bonds. The standard InChI is InChI=1S/C20H30N4O3S/c1-3-9-24-17-6-5-15(21-8-7-18(25)27-4-2)14-16(17)19(22-24)20(26)23-10-12-28-13-11-23/h3,15,21H,1,4-14H2,2H3. The van der Waals surface area contributed by atoms with E-state index in [2.05, 4.69) is 17.0 Å². The highest BCUT2D eigenvalue weighted by atomic mass is 32.2. The molecule has 2 aliphatic rings. The monoisotopic (exact) mass is 406 g/mol. The largest absolute Gasteiger partial charge is 0.466 e. The maximum atomic E-state index is 13.1. The molecule has 0 saturated carbocycles. The van der Waals surface area contributed by atoms with E-state index >= 15 is 0 Å². The van der Waals surface area contributed by atoms with Crippen molar-refractivity contribution >= 4 is 23.6 Å². The molecular formula is C20H30N4O3S. The van der Waals surface area contributed by atoms with Crippen molar-refractivity contribution < 1.29 is 14.3 Å². The molecule has 1 aromatic heterocycles. The molecule has 0 bridgehead atoms. The van der Waals surface area contributed by atoms with E-state index in [1.807, 2.05) is 34.3 Å². The lowest BCUT2D eigenvalue weighted by atomic mass is 9.91. The smallest absolute Gasteiger partial charge is 0.307 e. The highest BCUT2D eigenvalue weighted by Crippen LogP contribution is 2.26. The van der Waals surface area contributed by atoms with E-state index in [-0.39, 0.29) is 17.9 Å². The molecule has 1 N–H and O–H groups in total. The van der Waals surface area contributed by atoms with Gasteiger partial charge in [-0.15, -0.1) is 6.58 Å². The van der Waals surface area contributed by atoms with Crippen molar-refractivity contribution in [1.82, 2.24) is 20.0 Å². The SMILES string of the molecule is C=CCn1nc(C(=O)N2CCSCC2)c2c1CCC(NCCC(=O)OCC)C2. The van der Waals surface area contributed by atoms with Crippen LogP contribution in [0.25, 0.3) is 0 Å². The van der Waals surface area contributed by atoms with Crippen LogP contribution in [-0.4, -0.2) is 70.3 Å². The van der Waals surface area contributed by atoms with Gasteiger partial charge in [0.05, 0.1) is 19.6 Å². The molecular weight excluding hydrogens is 376 g/mol. The highest BCUT2D eigenvalue weighted by Gasteiger charge is 2.31. The van der Waals surface area contributed by atoms with Crippen LogP contribution in [-0.2, 0) is 28.9 Å². The maximum Gasteiger partial charge on any atom is 0.307 e. The van der Waals surface area contributed by atoms with E-state index in [1.165, 1.54) is 0 Å². The Hall–Kier alpha value is -1.80. The molecule has 0 radical (unpaired) electrons. The number of amides is 1. The van der Waals surface area contributed by atoms with E-state index in [9.17, 15) is 9.59 Å². The van der Waals surface area contributed by atoms with Gasteiger partial charge in [0.15, 0.2) is 5.69 Å². The van der Waals surface area contributed by atoms with Crippen LogP contribution in [0.4, 0.5) is 0 Å². The molecule has 3 rings (SSSR count). The van der Waals surface area contributed by atoms with E-state index < -0.39 is 0 Å². The Morgan fingerprint density at radius 3 is 2.89 bits per heavy atom. The molecule has 1 fully saturated rings. The van der Waals surface area contributed by atoms with Gasteiger partial charge in [0.2, 0.25) is 0 Å². The van der Waals surface area contributed by atoms with Gasteiger partial charge in [-0.05, 0) is 26.2 Å². The third-order valence-corrected chi connectivity index (χ3v) is 6.16. The number of hydrogen-bond donors (Lipinski definition) is 1. The van der Waals surface area contributed by atoms with E-state index in [0.717, 1.165) is 55.1 Å². The minimum Gasteiger partial charge on any atom is -0.466 e. The summed E-state index contributed by atoms with van der Waals surface area (Å²) in [6, 6.07) is 0.242. The van der Waals surface area contributed by atoms with E-state index in [0.29, 0.717) is 31.8 Å². The minimum absolute atomic E-state index is 0.0477. The quantitative estimate of drug-likeness (QED) is 0.523. The van der Waals surface area contributed by atoms with Gasteiger partial charge in [0.25, 0.3) is 5.91 Å². The van der Waals surface area contributed by atoms with Gasteiger partial charge in [0, 0.05) is 48.4 Å². The summed E-state index contributed by atoms with van der Waals surface area (Å²) in [5.74, 6) is 1.84. The number of fused-ring (bicyclic) bond motifs is 1. The molecule has 1 aliphatic heterocycles. The highest BCUT2D eigenvalue weighted by molar-refractivity contribution is 7.99. The maximum absolute atomic E-state index is 13.1. The Bertz CT molecular complexity index is 713. The van der Waals surface area contributed by atoms with Gasteiger partial charge in [0.1, 0.15) is 0 Å². The van der Waals surface area contributed by atoms with Crippen molar-refractivity contribution in [3.8, 4) is 0 Å². The van der Waals surface area contributed by atoms with E-state index in [4.69, 9.17) is 4.74 Å². The average Bonchev–Trinajstić information content (AvgIpc) is 3.06. The summed E-state index contributed by atoms with van der Waals surface area (Å²) in [6.07, 6.45) is 4.79. The molecule has 28 heavy (non-hydrogen) atoms. The van der Waals surface area contributed by atoms with E-state index in [1.54, 1.807) is 0 Å². The average molecular weight is 407 g/mol. The number of rotatable bonds is 8. The number of nitrogens with zero attached hydrogens (tertiary/aromatic N) is 3. The summed E-state index contributed by atoms with van der Waals surface area (Å²) in [5.41, 5.74) is 2.81. The Kier molecular flexibility index (Phi) is 7.56. The van der Waals surface area contributed by atoms with Gasteiger partial charge in [-0.25, -0.2) is 0 Å². The van der Waals surface area contributed by atoms with Crippen LogP contribution in [0.2, 0.25) is 0 Å². The van der Waals surface area contributed by atoms with Crippen LogP contribution in [0.1, 0.15) is 41.5 Å². The predicted octanol–water partition coefficient (Wildman–Crippen LogP) is 1.66. The summed E-state index contributed by atoms with van der Waals surface area (Å²) in [6.45, 7) is 8.82. The summed E-state index contributed by atoms with van der Waals surface area (Å²) < 4.78 is 6.92. The first-order chi connectivity index (χ1) is 13.6. The lowest BCUT2D eigenvalue weighted by molar-refractivity contribution is -0.143. The number of ether oxygens (including phenoxy) is 1. The number of carbonyl (C=O) groups is 2. The van der Waals surface area contributed by atoms with Crippen LogP contribution < -0.4 is 5.32 Å². The summed E-state index contributed by atoms with van der Waals surface area (Å²) in [5, 5.41) is 8.12. The van der Waals surface area contributed by atoms with Crippen LogP contribution in [0, 0.1) is 0 Å². The van der Waals surface area contributed by atoms with Gasteiger partial charge in [-0.2, -0.15) is 16.9 Å². The Labute approximate surface area is 170 Å². The number of nitrogens with one attached hydrogen (secondary N) is 1. The molecule has 1 aliphatic carbocycles. The molecule has 0 spiro atoms. The number of esters is 1. The van der Waals surface area contributed by atoms with Gasteiger partial charge in [-0.3, -0.25) is 14.3 Å². The predicted molar refractivity (Wildman–Crippen MR) is 111 cm³/mol. The first kappa shape index (κ1) is 20.9. The second-order valence-corrected chi connectivity index (χ2v) is 8.32. The van der Waals surface area contributed by atoms with Gasteiger partial charge < -0.3 is 15.0 Å². The third-order valence-electron chi connectivity index (χ3n) is 5.22. The Balaban J connectivity index is 1.70. The van der Waals surface area contributed by atoms with Crippen LogP contribution in [0.15, 0.2) is 12.7 Å². The fourth-order valence-electron chi connectivity index (χ4n) is 3.83. The fraction of sp³-hybridized carbons (Fsp3) is 0.650. The summed E-state index contributed by atoms with van der Waals surface area (Å²) >= 11 is 1.89. The molecule has 1 unspecified atom stereocenters. The first-order valence-electron chi connectivity index (χ1n) is 10.1. The Morgan fingerprint density at radius 2 is 2.18 bits per heavy atom. The number of allylic oxidation sites excluding steroid dienone is 1. The molecule has 1 aromatic rings. The zero-order valence-corrected chi connectivity index (χ0v) is 17.4. The van der Waals surface area contributed by atoms with Crippen molar-refractivity contribution in [1.29, 1.82) is 0 Å². The second kappa shape index (κ2) is 10.1. The Morgan fingerprint density at radius 1 is 1.39 bits per heavy atom. The zero-order valence-electron chi connectivity index (χ0n) is 16.6. The minimum atomic E-state index is -0.177. The normalized spacial score (nSPS) is 19.2. The molecule has 0 aromatic carbocycles. The lowest BCUT2D eigenvalue weighted by Gasteiger charge is -2.27. The summed E-state index contributed by atoms with van der Waals surface area (Å²) in [7, 11) is 0. The number of aromatic nitrogens is 2. The molecule has 7 nitrogen and oxygen atoms in total. The molecule has 154 valence electrons. The molecule has 8 heteroatoms. The van der Waals surface area contributed by atoms with Gasteiger partial charge >= 0.3 is 5.97 Å². The van der Waals surface area contributed by atoms with Crippen LogP contribution in [0.3, 0.4) is 0 Å². The molecule has 2 heterocycles. The van der Waals surface area contributed by atoms with Crippen LogP contribution in [0.5, 0.6) is 0 Å². The van der Waals surface area contributed by atoms with Gasteiger partial charge in [-0.1, -0.05) is 6.08 Å². The van der Waals surface area contributed by atoms with Crippen molar-refractivity contribution in [2.24, 2.45) is 0 Å². The fourth-order valence-corrected chi connectivity index (χ4v) is 4.74. The van der Waals surface area contributed by atoms with Crippen LogP contribution >= 0.6 is 11.8 Å². The lowest BCUT2D eigenvalue weighted by Crippen LogP contribution is -2.40. The van der Waals surface area contributed by atoms with Crippen molar-refractivity contribution in [3.63, 3.8) is 0 Å². The third kappa shape index (κ3) is 4.97. The molecule has 1 atom stereocenters. The first-order valence-corrected chi connectivity index (χ1v) is 11.2. The van der Waals surface area contributed by atoms with Crippen molar-refractivity contribution in [2.75, 3.05) is 37.7 Å². The second-order valence-electron chi connectivity index (χ2n) is 7.10. The topological polar surface area (TPSA) is 76.5 Å². The zero-order chi connectivity index (χ0) is 19.9. The number of carbonyl (C=O) groups excluding carboxylic acids is 2. The van der Waals surface area contributed by atoms with Crippen molar-refractivity contribution in [3.05, 3.63) is 29.6 Å². The summed E-state index contributed by atoms with van der Waals surface area (Å²) in [4.78, 5) is 26.6. The van der Waals surface area contributed by atoms with Crippen molar-refractivity contribution in [2.45, 2.75) is 45.2 Å². The molecule has 1 saturated heterocycles.